The Morgan fingerprint density at radius 2 is 2.05 bits per heavy atom. The third kappa shape index (κ3) is 2.64. The minimum absolute atomic E-state index is 0.462. The molecule has 0 aliphatic rings. The van der Waals surface area contributed by atoms with E-state index in [0.717, 1.165) is 11.1 Å². The molecule has 0 fully saturated rings. The first-order valence-electron chi connectivity index (χ1n) is 6.19. The largest absolute Gasteiger partial charge is 0.496 e. The molecule has 0 saturated heterocycles. The predicted octanol–water partition coefficient (Wildman–Crippen LogP) is 4.11. The number of benzene rings is 2. The molecule has 0 spiro atoms. The number of oxazole rings is 1. The van der Waals surface area contributed by atoms with Gasteiger partial charge >= 0.3 is 5.76 Å². The number of H-pyrrole nitrogens is 1. The molecule has 3 aromatic rings. The van der Waals surface area contributed by atoms with Crippen LogP contribution in [-0.2, 0) is 0 Å². The number of nitrogens with one attached hydrogen (secondary N) is 1. The molecule has 4 nitrogen and oxygen atoms in total. The highest BCUT2D eigenvalue weighted by Gasteiger charge is 2.17. The van der Waals surface area contributed by atoms with E-state index < -0.39 is 11.1 Å². The second-order valence-corrected chi connectivity index (χ2v) is 5.39. The Kier molecular flexibility index (Phi) is 3.66. The minimum atomic E-state index is -0.492. The molecule has 0 radical (unpaired) electrons. The number of rotatable bonds is 3. The summed E-state index contributed by atoms with van der Waals surface area (Å²) >= 11 is 12.6. The van der Waals surface area contributed by atoms with Crippen molar-refractivity contribution in [2.75, 3.05) is 7.11 Å². The topological polar surface area (TPSA) is 55.2 Å². The van der Waals surface area contributed by atoms with Crippen molar-refractivity contribution in [2.45, 2.75) is 5.38 Å². The van der Waals surface area contributed by atoms with E-state index in [2.05, 4.69) is 4.98 Å². The average molecular weight is 324 g/mol. The second-order valence-electron chi connectivity index (χ2n) is 4.52. The third-order valence-electron chi connectivity index (χ3n) is 3.20. The van der Waals surface area contributed by atoms with Crippen LogP contribution in [0.2, 0.25) is 5.02 Å². The molecule has 1 unspecified atom stereocenters. The van der Waals surface area contributed by atoms with Crippen molar-refractivity contribution in [3.8, 4) is 5.75 Å². The summed E-state index contributed by atoms with van der Waals surface area (Å²) in [6.07, 6.45) is 0. The molecule has 6 heteroatoms. The molecule has 1 aromatic heterocycles. The first-order chi connectivity index (χ1) is 10.1. The predicted molar refractivity (Wildman–Crippen MR) is 82.5 cm³/mol. The van der Waals surface area contributed by atoms with Gasteiger partial charge in [-0.25, -0.2) is 4.79 Å². The fourth-order valence-electron chi connectivity index (χ4n) is 2.20. The van der Waals surface area contributed by atoms with Gasteiger partial charge < -0.3 is 9.15 Å². The number of ether oxygens (including phenoxy) is 1. The summed E-state index contributed by atoms with van der Waals surface area (Å²) in [4.78, 5) is 13.8. The number of hydrogen-bond acceptors (Lipinski definition) is 3. The van der Waals surface area contributed by atoms with Gasteiger partial charge in [0.2, 0.25) is 0 Å². The maximum Gasteiger partial charge on any atom is 0.417 e. The van der Waals surface area contributed by atoms with Gasteiger partial charge in [-0.3, -0.25) is 4.98 Å². The molecule has 0 amide bonds. The Morgan fingerprint density at radius 1 is 1.24 bits per heavy atom. The average Bonchev–Trinajstić information content (AvgIpc) is 2.85. The quantitative estimate of drug-likeness (QED) is 0.738. The highest BCUT2D eigenvalue weighted by molar-refractivity contribution is 6.31. The molecule has 1 N–H and O–H groups in total. The fraction of sp³-hybridized carbons (Fsp3) is 0.133. The molecule has 21 heavy (non-hydrogen) atoms. The van der Waals surface area contributed by atoms with E-state index >= 15 is 0 Å². The molecular weight excluding hydrogens is 313 g/mol. The summed E-state index contributed by atoms with van der Waals surface area (Å²) in [5.74, 6) is 0.156. The van der Waals surface area contributed by atoms with E-state index in [9.17, 15) is 4.79 Å². The van der Waals surface area contributed by atoms with Crippen LogP contribution in [0.4, 0.5) is 0 Å². The number of methoxy groups -OCH3 is 1. The van der Waals surface area contributed by atoms with Crippen LogP contribution in [0.5, 0.6) is 5.75 Å². The zero-order valence-corrected chi connectivity index (χ0v) is 12.5. The maximum atomic E-state index is 11.2. The van der Waals surface area contributed by atoms with Gasteiger partial charge in [0.05, 0.1) is 18.0 Å². The van der Waals surface area contributed by atoms with Crippen LogP contribution in [0.15, 0.2) is 45.6 Å². The lowest BCUT2D eigenvalue weighted by atomic mass is 10.0. The van der Waals surface area contributed by atoms with Gasteiger partial charge in [0.25, 0.3) is 0 Å². The number of fused-ring (bicyclic) bond motifs is 1. The lowest BCUT2D eigenvalue weighted by Gasteiger charge is -2.14. The van der Waals surface area contributed by atoms with Gasteiger partial charge in [0.15, 0.2) is 5.58 Å². The molecule has 0 saturated carbocycles. The van der Waals surface area contributed by atoms with E-state index in [0.29, 0.717) is 21.9 Å². The van der Waals surface area contributed by atoms with Crippen LogP contribution in [0.25, 0.3) is 11.1 Å². The fourth-order valence-corrected chi connectivity index (χ4v) is 2.69. The Hall–Kier alpha value is -1.91. The number of alkyl halides is 1. The molecule has 0 bridgehead atoms. The molecule has 0 aliphatic heterocycles. The highest BCUT2D eigenvalue weighted by Crippen LogP contribution is 2.37. The highest BCUT2D eigenvalue weighted by atomic mass is 35.5. The van der Waals surface area contributed by atoms with E-state index in [1.54, 1.807) is 37.4 Å². The molecule has 0 aliphatic carbocycles. The molecular formula is C15H11Cl2NO3. The standard InChI is InChI=1S/C15H11Cl2NO3/c1-20-12-5-3-9(16)7-10(12)14(17)8-2-4-11-13(6-8)21-15(19)18-11/h2-7,14H,1H3,(H,18,19). The molecule has 108 valence electrons. The van der Waals surface area contributed by atoms with E-state index in [1.807, 2.05) is 6.07 Å². The van der Waals surface area contributed by atoms with E-state index in [-0.39, 0.29) is 0 Å². The Balaban J connectivity index is 2.09. The van der Waals surface area contributed by atoms with Crippen LogP contribution < -0.4 is 10.5 Å². The normalized spacial score (nSPS) is 12.5. The van der Waals surface area contributed by atoms with Crippen molar-refractivity contribution in [1.29, 1.82) is 0 Å². The van der Waals surface area contributed by atoms with Gasteiger partial charge in [-0.2, -0.15) is 0 Å². The summed E-state index contributed by atoms with van der Waals surface area (Å²) in [6.45, 7) is 0. The van der Waals surface area contributed by atoms with Gasteiger partial charge in [-0.15, -0.1) is 11.6 Å². The lowest BCUT2D eigenvalue weighted by molar-refractivity contribution is 0.410. The third-order valence-corrected chi connectivity index (χ3v) is 3.92. The first kappa shape index (κ1) is 14.0. The first-order valence-corrected chi connectivity index (χ1v) is 7.00. The van der Waals surface area contributed by atoms with Crippen LogP contribution in [0.1, 0.15) is 16.5 Å². The number of halogens is 2. The van der Waals surface area contributed by atoms with Gasteiger partial charge in [0, 0.05) is 10.6 Å². The van der Waals surface area contributed by atoms with Crippen LogP contribution in [0, 0.1) is 0 Å². The summed E-state index contributed by atoms with van der Waals surface area (Å²) in [5.41, 5.74) is 2.63. The summed E-state index contributed by atoms with van der Waals surface area (Å²) in [7, 11) is 1.57. The maximum absolute atomic E-state index is 11.2. The van der Waals surface area contributed by atoms with Crippen molar-refractivity contribution < 1.29 is 9.15 Å². The number of hydrogen-bond donors (Lipinski definition) is 1. The summed E-state index contributed by atoms with van der Waals surface area (Å²) < 4.78 is 10.4. The SMILES string of the molecule is COc1ccc(Cl)cc1C(Cl)c1ccc2[nH]c(=O)oc2c1. The molecule has 1 heterocycles. The number of aromatic nitrogens is 1. The molecule has 1 atom stereocenters. The van der Waals surface area contributed by atoms with Crippen molar-refractivity contribution in [3.63, 3.8) is 0 Å². The van der Waals surface area contributed by atoms with E-state index in [1.165, 1.54) is 0 Å². The lowest BCUT2D eigenvalue weighted by Crippen LogP contribution is -1.97. The van der Waals surface area contributed by atoms with Gasteiger partial charge in [-0.05, 0) is 35.9 Å². The van der Waals surface area contributed by atoms with Crippen molar-refractivity contribution in [1.82, 2.24) is 4.98 Å². The van der Waals surface area contributed by atoms with Gasteiger partial charge in [-0.1, -0.05) is 17.7 Å². The van der Waals surface area contributed by atoms with Gasteiger partial charge in [0.1, 0.15) is 5.75 Å². The zero-order valence-electron chi connectivity index (χ0n) is 11.0. The van der Waals surface area contributed by atoms with Crippen molar-refractivity contribution >= 4 is 34.3 Å². The minimum Gasteiger partial charge on any atom is -0.496 e. The van der Waals surface area contributed by atoms with Crippen LogP contribution in [0.3, 0.4) is 0 Å². The zero-order chi connectivity index (χ0) is 15.0. The summed E-state index contributed by atoms with van der Waals surface area (Å²) in [6, 6.07) is 10.6. The van der Waals surface area contributed by atoms with Crippen molar-refractivity contribution in [3.05, 3.63) is 63.1 Å². The molecule has 3 rings (SSSR count). The Morgan fingerprint density at radius 3 is 2.81 bits per heavy atom. The number of aromatic amines is 1. The second kappa shape index (κ2) is 5.47. The van der Waals surface area contributed by atoms with Crippen LogP contribution >= 0.6 is 23.2 Å². The van der Waals surface area contributed by atoms with Crippen molar-refractivity contribution in [2.24, 2.45) is 0 Å². The van der Waals surface area contributed by atoms with Crippen LogP contribution in [-0.4, -0.2) is 12.1 Å². The Labute approximate surface area is 130 Å². The summed E-state index contributed by atoms with van der Waals surface area (Å²) in [5, 5.41) is 0.106. The monoisotopic (exact) mass is 323 g/mol. The smallest absolute Gasteiger partial charge is 0.417 e. The van der Waals surface area contributed by atoms with E-state index in [4.69, 9.17) is 32.4 Å². The Bertz CT molecular complexity index is 853. The molecule has 2 aromatic carbocycles.